The van der Waals surface area contributed by atoms with Crippen LogP contribution in [0.3, 0.4) is 0 Å². The molecule has 1 amide bonds. The molecule has 37 heavy (non-hydrogen) atoms. The minimum absolute atomic E-state index is 0.0968. The van der Waals surface area contributed by atoms with Crippen molar-refractivity contribution in [1.82, 2.24) is 14.4 Å². The van der Waals surface area contributed by atoms with Gasteiger partial charge in [-0.15, -0.1) is 0 Å². The van der Waals surface area contributed by atoms with E-state index in [0.29, 0.717) is 5.02 Å². The van der Waals surface area contributed by atoms with Crippen molar-refractivity contribution in [1.29, 1.82) is 0 Å². The number of piperazine rings is 1. The lowest BCUT2D eigenvalue weighted by molar-refractivity contribution is 0.0649. The van der Waals surface area contributed by atoms with Crippen molar-refractivity contribution in [3.8, 4) is 16.9 Å². The number of nitrogens with zero attached hydrogens (tertiary/aromatic N) is 3. The van der Waals surface area contributed by atoms with Crippen molar-refractivity contribution < 1.29 is 4.79 Å². The molecule has 1 aliphatic heterocycles. The van der Waals surface area contributed by atoms with Crippen LogP contribution in [0, 0.1) is 13.8 Å². The number of halogens is 1. The van der Waals surface area contributed by atoms with E-state index >= 15 is 0 Å². The zero-order chi connectivity index (χ0) is 25.8. The van der Waals surface area contributed by atoms with E-state index in [9.17, 15) is 4.79 Å². The first kappa shape index (κ1) is 25.1. The van der Waals surface area contributed by atoms with Gasteiger partial charge in [0.2, 0.25) is 0 Å². The summed E-state index contributed by atoms with van der Waals surface area (Å²) < 4.78 is 2.20. The number of hydrogen-bond acceptors (Lipinski definition) is 2. The van der Waals surface area contributed by atoms with Crippen molar-refractivity contribution in [2.45, 2.75) is 13.8 Å². The van der Waals surface area contributed by atoms with Crippen LogP contribution in [0.4, 0.5) is 0 Å². The maximum absolute atomic E-state index is 13.8. The first-order valence-electron chi connectivity index (χ1n) is 12.8. The number of aryl methyl sites for hydroxylation is 1. The Labute approximate surface area is 224 Å². The van der Waals surface area contributed by atoms with Crippen LogP contribution in [0.25, 0.3) is 23.0 Å². The normalized spacial score (nSPS) is 14.4. The minimum atomic E-state index is 0.0968. The Morgan fingerprint density at radius 2 is 1.54 bits per heavy atom. The lowest BCUT2D eigenvalue weighted by Crippen LogP contribution is -2.48. The van der Waals surface area contributed by atoms with Gasteiger partial charge in [0.25, 0.3) is 5.91 Å². The lowest BCUT2D eigenvalue weighted by Gasteiger charge is -2.34. The molecule has 0 spiro atoms. The van der Waals surface area contributed by atoms with Crippen LogP contribution >= 0.6 is 11.6 Å². The molecule has 0 atom stereocenters. The molecule has 1 aliphatic rings. The van der Waals surface area contributed by atoms with E-state index in [1.165, 1.54) is 5.56 Å². The van der Waals surface area contributed by atoms with Gasteiger partial charge in [0.05, 0.1) is 11.3 Å². The van der Waals surface area contributed by atoms with Gasteiger partial charge >= 0.3 is 0 Å². The second kappa shape index (κ2) is 11.2. The highest BCUT2D eigenvalue weighted by molar-refractivity contribution is 6.30. The van der Waals surface area contributed by atoms with E-state index in [0.717, 1.165) is 66.5 Å². The third kappa shape index (κ3) is 5.56. The second-order valence-electron chi connectivity index (χ2n) is 9.56. The van der Waals surface area contributed by atoms with Gasteiger partial charge in [-0.1, -0.05) is 84.4 Å². The molecule has 3 aromatic carbocycles. The third-order valence-corrected chi connectivity index (χ3v) is 7.36. The van der Waals surface area contributed by atoms with E-state index < -0.39 is 0 Å². The monoisotopic (exact) mass is 509 g/mol. The van der Waals surface area contributed by atoms with Crippen LogP contribution < -0.4 is 0 Å². The Kier molecular flexibility index (Phi) is 7.59. The maximum atomic E-state index is 13.8. The molecule has 0 aliphatic carbocycles. The summed E-state index contributed by atoms with van der Waals surface area (Å²) in [6.07, 6.45) is 4.37. The molecular formula is C32H32ClN3O. The van der Waals surface area contributed by atoms with Crippen LogP contribution in [0.15, 0.2) is 91.0 Å². The number of aromatic nitrogens is 1. The molecule has 0 N–H and O–H groups in total. The van der Waals surface area contributed by atoms with Crippen LogP contribution in [0.2, 0.25) is 5.02 Å². The summed E-state index contributed by atoms with van der Waals surface area (Å²) in [5.41, 5.74) is 7.19. The van der Waals surface area contributed by atoms with Crippen LogP contribution in [-0.4, -0.2) is 53.0 Å². The number of para-hydroxylation sites is 1. The van der Waals surface area contributed by atoms with Crippen molar-refractivity contribution in [3.63, 3.8) is 0 Å². The average molecular weight is 510 g/mol. The van der Waals surface area contributed by atoms with Crippen molar-refractivity contribution in [2.24, 2.45) is 0 Å². The average Bonchev–Trinajstić information content (AvgIpc) is 3.26. The van der Waals surface area contributed by atoms with E-state index in [4.69, 9.17) is 11.6 Å². The summed E-state index contributed by atoms with van der Waals surface area (Å²) in [4.78, 5) is 18.1. The molecule has 0 saturated carbocycles. The molecular weight excluding hydrogens is 478 g/mol. The molecule has 1 aromatic heterocycles. The first-order valence-corrected chi connectivity index (χ1v) is 13.2. The van der Waals surface area contributed by atoms with Gasteiger partial charge in [-0.25, -0.2) is 0 Å². The fourth-order valence-electron chi connectivity index (χ4n) is 4.99. The smallest absolute Gasteiger partial charge is 0.255 e. The minimum Gasteiger partial charge on any atom is -0.336 e. The van der Waals surface area contributed by atoms with Gasteiger partial charge in [0.1, 0.15) is 0 Å². The van der Waals surface area contributed by atoms with Crippen molar-refractivity contribution >= 4 is 23.6 Å². The van der Waals surface area contributed by atoms with E-state index in [2.05, 4.69) is 64.9 Å². The van der Waals surface area contributed by atoms with Crippen LogP contribution in [-0.2, 0) is 0 Å². The molecule has 4 aromatic rings. The molecule has 0 bridgehead atoms. The van der Waals surface area contributed by atoms with Crippen LogP contribution in [0.1, 0.15) is 27.2 Å². The summed E-state index contributed by atoms with van der Waals surface area (Å²) in [7, 11) is 0. The predicted molar refractivity (Wildman–Crippen MR) is 154 cm³/mol. The molecule has 1 fully saturated rings. The SMILES string of the molecule is Cc1ccccc1-n1c(-c2ccc(Cl)cc2)cc(C(=O)N2CCN(C/C=C/c3ccccc3)CC2)c1C. The second-order valence-corrected chi connectivity index (χ2v) is 10.00. The van der Waals surface area contributed by atoms with E-state index in [1.807, 2.05) is 60.4 Å². The van der Waals surface area contributed by atoms with Gasteiger partial charge in [0.15, 0.2) is 0 Å². The lowest BCUT2D eigenvalue weighted by atomic mass is 10.1. The Morgan fingerprint density at radius 3 is 2.24 bits per heavy atom. The van der Waals surface area contributed by atoms with Crippen molar-refractivity contribution in [2.75, 3.05) is 32.7 Å². The number of rotatable bonds is 6. The zero-order valence-electron chi connectivity index (χ0n) is 21.4. The summed E-state index contributed by atoms with van der Waals surface area (Å²) in [6, 6.07) is 28.5. The topological polar surface area (TPSA) is 28.5 Å². The fraction of sp³-hybridized carbons (Fsp3) is 0.219. The fourth-order valence-corrected chi connectivity index (χ4v) is 5.11. The highest BCUT2D eigenvalue weighted by Crippen LogP contribution is 2.32. The van der Waals surface area contributed by atoms with Gasteiger partial charge in [-0.05, 0) is 54.8 Å². The van der Waals surface area contributed by atoms with Gasteiger partial charge < -0.3 is 9.47 Å². The Balaban J connectivity index is 1.36. The van der Waals surface area contributed by atoms with Gasteiger partial charge in [-0.3, -0.25) is 9.69 Å². The van der Waals surface area contributed by atoms with Gasteiger partial charge in [0, 0.05) is 49.1 Å². The molecule has 4 nitrogen and oxygen atoms in total. The highest BCUT2D eigenvalue weighted by Gasteiger charge is 2.26. The number of carbonyl (C=O) groups excluding carboxylic acids is 1. The Bertz CT molecular complexity index is 1400. The number of amides is 1. The molecule has 1 saturated heterocycles. The molecule has 5 heteroatoms. The predicted octanol–water partition coefficient (Wildman–Crippen LogP) is 6.89. The summed E-state index contributed by atoms with van der Waals surface area (Å²) in [5.74, 6) is 0.0968. The number of carbonyl (C=O) groups is 1. The largest absolute Gasteiger partial charge is 0.336 e. The van der Waals surface area contributed by atoms with Crippen LogP contribution in [0.5, 0.6) is 0 Å². The standard InChI is InChI=1S/C32H32ClN3O/c1-24-9-6-7-13-30(24)36-25(2)29(23-31(36)27-14-16-28(33)17-15-27)32(37)35-21-19-34(20-22-35)18-8-12-26-10-4-3-5-11-26/h3-17,23H,18-22H2,1-2H3/b12-8+. The van der Waals surface area contributed by atoms with E-state index in [1.54, 1.807) is 0 Å². The van der Waals surface area contributed by atoms with E-state index in [-0.39, 0.29) is 5.91 Å². The first-order chi connectivity index (χ1) is 18.0. The van der Waals surface area contributed by atoms with Gasteiger partial charge in [-0.2, -0.15) is 0 Å². The summed E-state index contributed by atoms with van der Waals surface area (Å²) >= 11 is 6.17. The Hall–Kier alpha value is -3.60. The van der Waals surface area contributed by atoms with Crippen molar-refractivity contribution in [3.05, 3.63) is 118 Å². The maximum Gasteiger partial charge on any atom is 0.255 e. The number of benzene rings is 3. The summed E-state index contributed by atoms with van der Waals surface area (Å²) in [6.45, 7) is 8.23. The Morgan fingerprint density at radius 1 is 0.865 bits per heavy atom. The molecule has 5 rings (SSSR count). The number of hydrogen-bond donors (Lipinski definition) is 0. The molecule has 2 heterocycles. The molecule has 0 radical (unpaired) electrons. The molecule has 188 valence electrons. The quantitative estimate of drug-likeness (QED) is 0.283. The summed E-state index contributed by atoms with van der Waals surface area (Å²) in [5, 5.41) is 0.697. The third-order valence-electron chi connectivity index (χ3n) is 7.11. The highest BCUT2D eigenvalue weighted by atomic mass is 35.5. The zero-order valence-corrected chi connectivity index (χ0v) is 22.2. The molecule has 0 unspecified atom stereocenters.